The summed E-state index contributed by atoms with van der Waals surface area (Å²) < 4.78 is 6.56. The minimum atomic E-state index is -0.252. The maximum atomic E-state index is 12.5. The number of rotatable bonds is 4. The first-order valence-corrected chi connectivity index (χ1v) is 9.21. The van der Waals surface area contributed by atoms with Crippen molar-refractivity contribution in [2.24, 2.45) is 0 Å². The van der Waals surface area contributed by atoms with Crippen molar-refractivity contribution < 1.29 is 14.6 Å². The Morgan fingerprint density at radius 1 is 1.24 bits per heavy atom. The van der Waals surface area contributed by atoms with Crippen molar-refractivity contribution in [2.75, 3.05) is 19.8 Å². The van der Waals surface area contributed by atoms with E-state index in [1.54, 1.807) is 12.1 Å². The zero-order chi connectivity index (χ0) is 17.9. The molecular formula is C20H22BrNO3. The molecule has 132 valence electrons. The molecular weight excluding hydrogens is 382 g/mol. The van der Waals surface area contributed by atoms with Crippen LogP contribution in [-0.2, 0) is 10.2 Å². The second kappa shape index (κ2) is 7.58. The van der Waals surface area contributed by atoms with E-state index in [0.717, 1.165) is 22.9 Å². The van der Waals surface area contributed by atoms with Crippen LogP contribution in [0, 0.1) is 6.92 Å². The van der Waals surface area contributed by atoms with Crippen LogP contribution in [-0.4, -0.2) is 30.8 Å². The number of nitrogens with one attached hydrogen (secondary N) is 1. The second-order valence-corrected chi connectivity index (χ2v) is 7.52. The van der Waals surface area contributed by atoms with Gasteiger partial charge >= 0.3 is 0 Å². The van der Waals surface area contributed by atoms with Crippen molar-refractivity contribution in [3.63, 3.8) is 0 Å². The lowest BCUT2D eigenvalue weighted by Gasteiger charge is -2.38. The number of benzene rings is 2. The summed E-state index contributed by atoms with van der Waals surface area (Å²) in [5.74, 6) is -0.237. The van der Waals surface area contributed by atoms with E-state index in [0.29, 0.717) is 25.3 Å². The molecule has 0 spiro atoms. The van der Waals surface area contributed by atoms with Gasteiger partial charge in [-0.25, -0.2) is 0 Å². The number of hydrogen-bond donors (Lipinski definition) is 2. The molecule has 1 heterocycles. The molecule has 2 aromatic rings. The van der Waals surface area contributed by atoms with Crippen LogP contribution in [0.1, 0.15) is 34.3 Å². The Labute approximate surface area is 156 Å². The molecule has 0 aliphatic carbocycles. The van der Waals surface area contributed by atoms with Gasteiger partial charge in [-0.3, -0.25) is 4.79 Å². The average Bonchev–Trinajstić information content (AvgIpc) is 2.60. The Morgan fingerprint density at radius 3 is 2.68 bits per heavy atom. The van der Waals surface area contributed by atoms with Gasteiger partial charge in [-0.2, -0.15) is 0 Å². The van der Waals surface area contributed by atoms with E-state index in [-0.39, 0.29) is 17.1 Å². The lowest BCUT2D eigenvalue weighted by atomic mass is 9.74. The van der Waals surface area contributed by atoms with Crippen LogP contribution in [0.3, 0.4) is 0 Å². The lowest BCUT2D eigenvalue weighted by molar-refractivity contribution is 0.0486. The number of ether oxygens (including phenoxy) is 1. The van der Waals surface area contributed by atoms with Crippen molar-refractivity contribution in [3.05, 3.63) is 63.6 Å². The molecule has 0 radical (unpaired) electrons. The van der Waals surface area contributed by atoms with E-state index < -0.39 is 0 Å². The van der Waals surface area contributed by atoms with E-state index in [1.165, 1.54) is 5.56 Å². The van der Waals surface area contributed by atoms with Crippen LogP contribution in [0.15, 0.2) is 46.9 Å². The minimum Gasteiger partial charge on any atom is -0.507 e. The molecule has 0 unspecified atom stereocenters. The minimum absolute atomic E-state index is 0.0148. The summed E-state index contributed by atoms with van der Waals surface area (Å²) in [4.78, 5) is 12.5. The largest absolute Gasteiger partial charge is 0.507 e. The molecule has 1 amide bonds. The van der Waals surface area contributed by atoms with Crippen molar-refractivity contribution in [1.29, 1.82) is 0 Å². The molecule has 5 heteroatoms. The predicted octanol–water partition coefficient (Wildman–Crippen LogP) is 3.94. The van der Waals surface area contributed by atoms with Gasteiger partial charge in [0.1, 0.15) is 5.75 Å². The molecule has 0 saturated carbocycles. The molecule has 2 aromatic carbocycles. The average molecular weight is 404 g/mol. The van der Waals surface area contributed by atoms with Gasteiger partial charge in [0.25, 0.3) is 5.91 Å². The van der Waals surface area contributed by atoms with E-state index in [2.05, 4.69) is 33.4 Å². The maximum Gasteiger partial charge on any atom is 0.255 e. The highest BCUT2D eigenvalue weighted by atomic mass is 79.9. The molecule has 1 aliphatic rings. The maximum absolute atomic E-state index is 12.5. The zero-order valence-corrected chi connectivity index (χ0v) is 15.8. The van der Waals surface area contributed by atoms with Crippen LogP contribution < -0.4 is 5.32 Å². The third kappa shape index (κ3) is 4.05. The van der Waals surface area contributed by atoms with Crippen LogP contribution in [0.25, 0.3) is 0 Å². The number of phenolic OH excluding ortho intramolecular Hbond substituents is 1. The Morgan fingerprint density at radius 2 is 2.00 bits per heavy atom. The Kier molecular flexibility index (Phi) is 5.45. The van der Waals surface area contributed by atoms with Gasteiger partial charge in [-0.05, 0) is 55.2 Å². The Bertz CT molecular complexity index is 769. The highest BCUT2D eigenvalue weighted by Gasteiger charge is 2.35. The highest BCUT2D eigenvalue weighted by molar-refractivity contribution is 9.10. The van der Waals surface area contributed by atoms with Crippen LogP contribution in [0.2, 0.25) is 0 Å². The number of aromatic hydroxyl groups is 1. The normalized spacial score (nSPS) is 16.4. The molecule has 1 saturated heterocycles. The van der Waals surface area contributed by atoms with Crippen LogP contribution in [0.5, 0.6) is 5.75 Å². The fraction of sp³-hybridized carbons (Fsp3) is 0.350. The summed E-state index contributed by atoms with van der Waals surface area (Å²) >= 11 is 3.53. The van der Waals surface area contributed by atoms with E-state index in [1.807, 2.05) is 25.1 Å². The van der Waals surface area contributed by atoms with E-state index in [4.69, 9.17) is 4.74 Å². The molecule has 1 fully saturated rings. The van der Waals surface area contributed by atoms with E-state index in [9.17, 15) is 9.90 Å². The summed E-state index contributed by atoms with van der Waals surface area (Å²) in [6, 6.07) is 13.3. The van der Waals surface area contributed by atoms with Gasteiger partial charge in [0.2, 0.25) is 0 Å². The zero-order valence-electron chi connectivity index (χ0n) is 14.2. The molecule has 3 rings (SSSR count). The van der Waals surface area contributed by atoms with Gasteiger partial charge < -0.3 is 15.2 Å². The van der Waals surface area contributed by atoms with Crippen molar-refractivity contribution in [3.8, 4) is 5.75 Å². The van der Waals surface area contributed by atoms with Gasteiger partial charge in [0, 0.05) is 29.6 Å². The van der Waals surface area contributed by atoms with Gasteiger partial charge in [0.15, 0.2) is 0 Å². The Hall–Kier alpha value is -1.85. The fourth-order valence-electron chi connectivity index (χ4n) is 3.33. The van der Waals surface area contributed by atoms with Crippen LogP contribution in [0.4, 0.5) is 0 Å². The number of hydrogen-bond acceptors (Lipinski definition) is 3. The quantitative estimate of drug-likeness (QED) is 0.812. The summed E-state index contributed by atoms with van der Waals surface area (Å²) in [5.41, 5.74) is 2.27. The number of phenols is 1. The molecule has 25 heavy (non-hydrogen) atoms. The van der Waals surface area contributed by atoms with Crippen LogP contribution >= 0.6 is 15.9 Å². The first-order valence-electron chi connectivity index (χ1n) is 8.42. The molecule has 1 aliphatic heterocycles. The second-order valence-electron chi connectivity index (χ2n) is 6.61. The number of amides is 1. The smallest absolute Gasteiger partial charge is 0.255 e. The van der Waals surface area contributed by atoms with Gasteiger partial charge in [-0.1, -0.05) is 34.1 Å². The number of carbonyl (C=O) groups excluding carboxylic acids is 1. The van der Waals surface area contributed by atoms with Crippen molar-refractivity contribution >= 4 is 21.8 Å². The number of carbonyl (C=O) groups is 1. The topological polar surface area (TPSA) is 58.6 Å². The molecule has 4 nitrogen and oxygen atoms in total. The first kappa shape index (κ1) is 18.0. The predicted molar refractivity (Wildman–Crippen MR) is 101 cm³/mol. The molecule has 0 aromatic heterocycles. The van der Waals surface area contributed by atoms with Gasteiger partial charge in [0.05, 0.1) is 5.56 Å². The summed E-state index contributed by atoms with van der Waals surface area (Å²) in [7, 11) is 0. The number of halogens is 1. The Balaban J connectivity index is 1.80. The first-order chi connectivity index (χ1) is 12.0. The molecule has 2 N–H and O–H groups in total. The highest BCUT2D eigenvalue weighted by Crippen LogP contribution is 2.35. The van der Waals surface area contributed by atoms with Gasteiger partial charge in [-0.15, -0.1) is 0 Å². The molecule has 0 bridgehead atoms. The fourth-order valence-corrected chi connectivity index (χ4v) is 3.73. The third-order valence-corrected chi connectivity index (χ3v) is 5.37. The summed E-state index contributed by atoms with van der Waals surface area (Å²) in [5, 5.41) is 13.0. The standard InChI is InChI=1S/C20H22BrNO3/c1-14-5-6-17(18(23)11-14)19(24)22-13-20(7-9-25-10-8-20)15-3-2-4-16(21)12-15/h2-6,11-12,23H,7-10,13H2,1H3,(H,22,24). The summed E-state index contributed by atoms with van der Waals surface area (Å²) in [6.45, 7) is 3.75. The van der Waals surface area contributed by atoms with Crippen molar-refractivity contribution in [1.82, 2.24) is 5.32 Å². The SMILES string of the molecule is Cc1ccc(C(=O)NCC2(c3cccc(Br)c3)CCOCC2)c(O)c1. The monoisotopic (exact) mass is 403 g/mol. The van der Waals surface area contributed by atoms with E-state index >= 15 is 0 Å². The van der Waals surface area contributed by atoms with Crippen molar-refractivity contribution in [2.45, 2.75) is 25.2 Å². The molecule has 0 atom stereocenters. The third-order valence-electron chi connectivity index (χ3n) is 4.87. The number of aryl methyl sites for hydroxylation is 1. The lowest BCUT2D eigenvalue weighted by Crippen LogP contribution is -2.44. The summed E-state index contributed by atoms with van der Waals surface area (Å²) in [6.07, 6.45) is 1.70.